The van der Waals surface area contributed by atoms with E-state index in [0.717, 1.165) is 39.8 Å². The molecule has 0 bridgehead atoms. The molecule has 1 aromatic heterocycles. The van der Waals surface area contributed by atoms with Crippen molar-refractivity contribution in [1.82, 2.24) is 4.57 Å². The van der Waals surface area contributed by atoms with Crippen LogP contribution < -0.4 is 9.80 Å². The second kappa shape index (κ2) is 15.1. The van der Waals surface area contributed by atoms with Crippen molar-refractivity contribution in [2.45, 2.75) is 5.41 Å². The van der Waals surface area contributed by atoms with Crippen molar-refractivity contribution in [3.8, 4) is 27.9 Å². The molecule has 3 nitrogen and oxygen atoms in total. The molecule has 11 aromatic carbocycles. The fraction of sp³-hybridized carbons (Fsp3) is 0.0154. The first kappa shape index (κ1) is 38.4. The van der Waals surface area contributed by atoms with Crippen molar-refractivity contribution >= 4 is 66.7 Å². The van der Waals surface area contributed by atoms with E-state index < -0.39 is 5.41 Å². The molecule has 68 heavy (non-hydrogen) atoms. The fourth-order valence-corrected chi connectivity index (χ4v) is 11.7. The summed E-state index contributed by atoms with van der Waals surface area (Å²) >= 11 is 0. The summed E-state index contributed by atoms with van der Waals surface area (Å²) in [6.07, 6.45) is 0. The van der Waals surface area contributed by atoms with Crippen LogP contribution in [0.4, 0.5) is 34.1 Å². The Morgan fingerprint density at radius 1 is 0.265 bits per heavy atom. The lowest BCUT2D eigenvalue weighted by atomic mass is 9.70. The zero-order valence-corrected chi connectivity index (χ0v) is 37.2. The van der Waals surface area contributed by atoms with Gasteiger partial charge in [-0.15, -0.1) is 0 Å². The molecule has 1 heterocycles. The molecule has 3 heteroatoms. The summed E-state index contributed by atoms with van der Waals surface area (Å²) in [4.78, 5) is 4.83. The topological polar surface area (TPSA) is 11.4 Å². The van der Waals surface area contributed by atoms with Gasteiger partial charge in [-0.1, -0.05) is 170 Å². The zero-order valence-electron chi connectivity index (χ0n) is 37.2. The number of rotatable bonds is 7. The number of anilines is 6. The quantitative estimate of drug-likeness (QED) is 0.158. The van der Waals surface area contributed by atoms with Crippen LogP contribution in [0.1, 0.15) is 22.3 Å². The largest absolute Gasteiger partial charge is 0.310 e. The normalized spacial score (nSPS) is 14.2. The van der Waals surface area contributed by atoms with Gasteiger partial charge in [0.25, 0.3) is 0 Å². The van der Waals surface area contributed by atoms with Crippen LogP contribution in [0.25, 0.3) is 60.5 Å². The van der Waals surface area contributed by atoms with Gasteiger partial charge in [0, 0.05) is 50.6 Å². The molecule has 12 aromatic rings. The third-order valence-corrected chi connectivity index (χ3v) is 14.5. The van der Waals surface area contributed by atoms with Crippen molar-refractivity contribution < 1.29 is 0 Å². The Morgan fingerprint density at radius 3 is 1.34 bits per heavy atom. The lowest BCUT2D eigenvalue weighted by Gasteiger charge is -2.32. The summed E-state index contributed by atoms with van der Waals surface area (Å²) in [5.74, 6) is 0. The maximum absolute atomic E-state index is 2.44. The van der Waals surface area contributed by atoms with E-state index in [1.54, 1.807) is 0 Å². The predicted molar refractivity (Wildman–Crippen MR) is 284 cm³/mol. The average molecular weight is 866 g/mol. The molecule has 1 spiro atoms. The summed E-state index contributed by atoms with van der Waals surface area (Å²) in [6, 6.07) is 96.1. The Kier molecular flexibility index (Phi) is 8.50. The Labute approximate surface area is 395 Å². The van der Waals surface area contributed by atoms with E-state index in [2.05, 4.69) is 275 Å². The van der Waals surface area contributed by atoms with Gasteiger partial charge >= 0.3 is 0 Å². The minimum atomic E-state index is -0.497. The number of aromatic nitrogens is 1. The Bertz CT molecular complexity index is 3930. The van der Waals surface area contributed by atoms with Gasteiger partial charge in [-0.3, -0.25) is 0 Å². The molecule has 318 valence electrons. The van der Waals surface area contributed by atoms with Crippen LogP contribution in [0.15, 0.2) is 261 Å². The number of benzene rings is 11. The molecule has 0 aliphatic heterocycles. The van der Waals surface area contributed by atoms with Gasteiger partial charge in [0.1, 0.15) is 0 Å². The number of hydrogen-bond donors (Lipinski definition) is 0. The highest BCUT2D eigenvalue weighted by molar-refractivity contribution is 6.10. The minimum Gasteiger partial charge on any atom is -0.310 e. The summed E-state index contributed by atoms with van der Waals surface area (Å²) in [6.45, 7) is 0. The summed E-state index contributed by atoms with van der Waals surface area (Å²) in [5, 5.41) is 4.93. The van der Waals surface area contributed by atoms with Gasteiger partial charge < -0.3 is 14.4 Å². The standard InChI is InChI=1S/C65H43N3/c1-4-20-46(21-5-1)66(49-33-32-44-18-10-11-19-45(44)40-49)50-35-38-61-57(41-50)53-26-12-15-29-59(53)65(61)60-30-16-13-27-54(60)58-42-51(36-39-62(58)65)67(47-22-6-2-7-23-47)52-34-37-56-55-28-14-17-31-63(55)68(64(56)43-52)48-24-8-3-9-25-48/h1-43H. The Balaban J connectivity index is 0.959. The molecule has 1 unspecified atom stereocenters. The lowest BCUT2D eigenvalue weighted by molar-refractivity contribution is 0.793. The molecule has 0 saturated heterocycles. The predicted octanol–water partition coefficient (Wildman–Crippen LogP) is 17.2. The van der Waals surface area contributed by atoms with Crippen LogP contribution in [0.3, 0.4) is 0 Å². The second-order valence-electron chi connectivity index (χ2n) is 18.1. The molecule has 0 fully saturated rings. The van der Waals surface area contributed by atoms with Crippen LogP contribution >= 0.6 is 0 Å². The number of nitrogens with zero attached hydrogens (tertiary/aromatic N) is 3. The fourth-order valence-electron chi connectivity index (χ4n) is 11.7. The maximum atomic E-state index is 2.44. The maximum Gasteiger partial charge on any atom is 0.0725 e. The number of fused-ring (bicyclic) bond motifs is 14. The van der Waals surface area contributed by atoms with Crippen molar-refractivity contribution in [3.63, 3.8) is 0 Å². The van der Waals surface area contributed by atoms with Crippen LogP contribution in [-0.2, 0) is 5.41 Å². The van der Waals surface area contributed by atoms with E-state index in [-0.39, 0.29) is 0 Å². The van der Waals surface area contributed by atoms with E-state index in [9.17, 15) is 0 Å². The van der Waals surface area contributed by atoms with Gasteiger partial charge in [0.2, 0.25) is 0 Å². The SMILES string of the molecule is c1ccc(N(c2ccc3c(c2)-c2ccccc2C32c3ccccc3-c3cc(N(c4ccccc4)c4ccc5c6ccccc6n(-c6ccccc6)c5c4)ccc32)c2ccc3ccccc3c2)cc1. The Morgan fingerprint density at radius 2 is 0.706 bits per heavy atom. The van der Waals surface area contributed by atoms with Gasteiger partial charge in [-0.05, 0) is 146 Å². The first-order valence-corrected chi connectivity index (χ1v) is 23.5. The average Bonchev–Trinajstić information content (AvgIpc) is 4.01. The molecule has 2 aliphatic rings. The summed E-state index contributed by atoms with van der Waals surface area (Å²) in [7, 11) is 0. The highest BCUT2D eigenvalue weighted by Crippen LogP contribution is 2.64. The van der Waals surface area contributed by atoms with E-state index in [1.807, 2.05) is 0 Å². The summed E-state index contributed by atoms with van der Waals surface area (Å²) < 4.78 is 2.40. The van der Waals surface area contributed by atoms with Crippen molar-refractivity contribution in [3.05, 3.63) is 283 Å². The second-order valence-corrected chi connectivity index (χ2v) is 18.1. The van der Waals surface area contributed by atoms with Gasteiger partial charge in [0.05, 0.1) is 16.4 Å². The first-order valence-electron chi connectivity index (χ1n) is 23.5. The highest BCUT2D eigenvalue weighted by atomic mass is 15.1. The Hall–Kier alpha value is -8.92. The van der Waals surface area contributed by atoms with E-state index in [1.165, 1.54) is 77.1 Å². The van der Waals surface area contributed by atoms with Crippen molar-refractivity contribution in [1.29, 1.82) is 0 Å². The van der Waals surface area contributed by atoms with Crippen LogP contribution in [0.5, 0.6) is 0 Å². The van der Waals surface area contributed by atoms with Gasteiger partial charge in [-0.2, -0.15) is 0 Å². The molecule has 1 atom stereocenters. The third kappa shape index (κ3) is 5.60. The molecule has 14 rings (SSSR count). The highest BCUT2D eigenvalue weighted by Gasteiger charge is 2.51. The van der Waals surface area contributed by atoms with Crippen molar-refractivity contribution in [2.75, 3.05) is 9.80 Å². The monoisotopic (exact) mass is 865 g/mol. The molecule has 0 saturated carbocycles. The molecule has 0 radical (unpaired) electrons. The van der Waals surface area contributed by atoms with Crippen LogP contribution in [0.2, 0.25) is 0 Å². The number of para-hydroxylation sites is 4. The summed E-state index contributed by atoms with van der Waals surface area (Å²) in [5.41, 5.74) is 20.0. The lowest BCUT2D eigenvalue weighted by Crippen LogP contribution is -2.26. The van der Waals surface area contributed by atoms with Gasteiger partial charge in [0.15, 0.2) is 0 Å². The third-order valence-electron chi connectivity index (χ3n) is 14.5. The van der Waals surface area contributed by atoms with E-state index in [0.29, 0.717) is 0 Å². The minimum absolute atomic E-state index is 0.497. The molecule has 0 amide bonds. The molecular weight excluding hydrogens is 823 g/mol. The van der Waals surface area contributed by atoms with Crippen molar-refractivity contribution in [2.24, 2.45) is 0 Å². The first-order chi connectivity index (χ1) is 33.7. The van der Waals surface area contributed by atoms with E-state index in [4.69, 9.17) is 0 Å². The smallest absolute Gasteiger partial charge is 0.0725 e. The molecule has 2 aliphatic carbocycles. The molecule has 0 N–H and O–H groups in total. The number of hydrogen-bond acceptors (Lipinski definition) is 2. The zero-order chi connectivity index (χ0) is 44.8. The molecular formula is C65H43N3. The van der Waals surface area contributed by atoms with Gasteiger partial charge in [-0.25, -0.2) is 0 Å². The van der Waals surface area contributed by atoms with Crippen LogP contribution in [-0.4, -0.2) is 4.57 Å². The van der Waals surface area contributed by atoms with E-state index >= 15 is 0 Å². The van der Waals surface area contributed by atoms with Crippen LogP contribution in [0, 0.1) is 0 Å².